The molecule has 2 aromatic rings. The lowest BCUT2D eigenvalue weighted by atomic mass is 10.1. The molecule has 0 atom stereocenters. The number of carboxylic acid groups (broad SMARTS) is 1. The molecule has 144 valence electrons. The van der Waals surface area contributed by atoms with Gasteiger partial charge in [-0.2, -0.15) is 0 Å². The van der Waals surface area contributed by atoms with Gasteiger partial charge in [-0.1, -0.05) is 43.2 Å². The number of aromatic carboxylic acids is 1. The summed E-state index contributed by atoms with van der Waals surface area (Å²) in [6.07, 6.45) is 4.41. The van der Waals surface area contributed by atoms with Crippen molar-refractivity contribution in [3.05, 3.63) is 59.7 Å². The lowest BCUT2D eigenvalue weighted by Gasteiger charge is -2.15. The van der Waals surface area contributed by atoms with Gasteiger partial charge in [0.1, 0.15) is 0 Å². The van der Waals surface area contributed by atoms with Crippen molar-refractivity contribution in [1.82, 2.24) is 4.72 Å². The minimum atomic E-state index is -3.72. The summed E-state index contributed by atoms with van der Waals surface area (Å²) >= 11 is 0. The molecule has 1 aliphatic rings. The van der Waals surface area contributed by atoms with Gasteiger partial charge < -0.3 is 10.4 Å². The Labute approximate surface area is 159 Å². The van der Waals surface area contributed by atoms with Crippen molar-refractivity contribution in [2.24, 2.45) is 0 Å². The summed E-state index contributed by atoms with van der Waals surface area (Å²) in [5.74, 6) is -1.16. The molecule has 0 heterocycles. The van der Waals surface area contributed by atoms with Crippen molar-refractivity contribution < 1.29 is 18.3 Å². The van der Waals surface area contributed by atoms with Crippen molar-refractivity contribution in [2.75, 3.05) is 11.9 Å². The molecule has 0 radical (unpaired) electrons. The Morgan fingerprint density at radius 3 is 2.44 bits per heavy atom. The molecule has 1 fully saturated rings. The zero-order valence-corrected chi connectivity index (χ0v) is 15.8. The van der Waals surface area contributed by atoms with E-state index in [0.29, 0.717) is 12.2 Å². The second-order valence-electron chi connectivity index (χ2n) is 6.78. The van der Waals surface area contributed by atoms with Gasteiger partial charge in [-0.25, -0.2) is 17.9 Å². The van der Waals surface area contributed by atoms with Gasteiger partial charge in [0.05, 0.1) is 10.5 Å². The highest BCUT2D eigenvalue weighted by Crippen LogP contribution is 2.24. The quantitative estimate of drug-likeness (QED) is 0.645. The predicted octanol–water partition coefficient (Wildman–Crippen LogP) is 3.26. The standard InChI is InChI=1S/C20H24N2O4S/c23-20(24)18-14-17(27(25,26)22-16-8-4-5-9-16)10-11-19(18)21-13-12-15-6-2-1-3-7-15/h1-3,6-7,10-11,14,16,21-22H,4-5,8-9,12-13H2,(H,23,24). The number of nitrogens with one attached hydrogen (secondary N) is 2. The molecule has 0 amide bonds. The fourth-order valence-corrected chi connectivity index (χ4v) is 4.67. The highest BCUT2D eigenvalue weighted by molar-refractivity contribution is 7.89. The topological polar surface area (TPSA) is 95.5 Å². The van der Waals surface area contributed by atoms with E-state index in [0.717, 1.165) is 37.7 Å². The number of hydrogen-bond acceptors (Lipinski definition) is 4. The van der Waals surface area contributed by atoms with Gasteiger partial charge in [0.2, 0.25) is 10.0 Å². The molecule has 1 aliphatic carbocycles. The molecule has 1 saturated carbocycles. The molecule has 0 bridgehead atoms. The van der Waals surface area contributed by atoms with Crippen LogP contribution >= 0.6 is 0 Å². The summed E-state index contributed by atoms with van der Waals surface area (Å²) < 4.78 is 27.8. The molecule has 3 rings (SSSR count). The minimum Gasteiger partial charge on any atom is -0.478 e. The van der Waals surface area contributed by atoms with Crippen molar-refractivity contribution in [3.63, 3.8) is 0 Å². The lowest BCUT2D eigenvalue weighted by Crippen LogP contribution is -2.32. The zero-order chi connectivity index (χ0) is 19.3. The van der Waals surface area contributed by atoms with Crippen molar-refractivity contribution in [1.29, 1.82) is 0 Å². The van der Waals surface area contributed by atoms with Crippen LogP contribution in [0.1, 0.15) is 41.6 Å². The Morgan fingerprint density at radius 2 is 1.78 bits per heavy atom. The second-order valence-corrected chi connectivity index (χ2v) is 8.49. The van der Waals surface area contributed by atoms with Crippen LogP contribution in [0, 0.1) is 0 Å². The Kier molecular flexibility index (Phi) is 6.13. The van der Waals surface area contributed by atoms with E-state index in [9.17, 15) is 18.3 Å². The van der Waals surface area contributed by atoms with E-state index in [1.165, 1.54) is 18.2 Å². The first kappa shape index (κ1) is 19.4. The summed E-state index contributed by atoms with van der Waals surface area (Å²) in [6.45, 7) is 0.552. The highest BCUT2D eigenvalue weighted by Gasteiger charge is 2.24. The van der Waals surface area contributed by atoms with E-state index in [1.54, 1.807) is 0 Å². The van der Waals surface area contributed by atoms with E-state index in [-0.39, 0.29) is 16.5 Å². The van der Waals surface area contributed by atoms with Crippen molar-refractivity contribution in [3.8, 4) is 0 Å². The van der Waals surface area contributed by atoms with Gasteiger partial charge in [-0.15, -0.1) is 0 Å². The predicted molar refractivity (Wildman–Crippen MR) is 105 cm³/mol. The fraction of sp³-hybridized carbons (Fsp3) is 0.350. The van der Waals surface area contributed by atoms with Crippen LogP contribution in [-0.2, 0) is 16.4 Å². The van der Waals surface area contributed by atoms with Gasteiger partial charge in [-0.3, -0.25) is 0 Å². The molecule has 7 heteroatoms. The first-order valence-electron chi connectivity index (χ1n) is 9.13. The summed E-state index contributed by atoms with van der Waals surface area (Å²) in [6, 6.07) is 14.0. The van der Waals surface area contributed by atoms with Crippen LogP contribution in [0.2, 0.25) is 0 Å². The fourth-order valence-electron chi connectivity index (χ4n) is 3.34. The van der Waals surface area contributed by atoms with Gasteiger partial charge in [0.25, 0.3) is 0 Å². The van der Waals surface area contributed by atoms with Gasteiger partial charge in [-0.05, 0) is 43.0 Å². The molecule has 0 spiro atoms. The third-order valence-corrected chi connectivity index (χ3v) is 6.30. The molecule has 3 N–H and O–H groups in total. The van der Waals surface area contributed by atoms with E-state index < -0.39 is 16.0 Å². The number of benzene rings is 2. The van der Waals surface area contributed by atoms with E-state index in [4.69, 9.17) is 0 Å². The number of anilines is 1. The molecule has 27 heavy (non-hydrogen) atoms. The molecule has 0 aromatic heterocycles. The van der Waals surface area contributed by atoms with Crippen LogP contribution in [0.15, 0.2) is 53.4 Å². The molecular formula is C20H24N2O4S. The third-order valence-electron chi connectivity index (χ3n) is 4.78. The van der Waals surface area contributed by atoms with Crippen LogP contribution in [0.25, 0.3) is 0 Å². The maximum Gasteiger partial charge on any atom is 0.337 e. The van der Waals surface area contributed by atoms with Gasteiger partial charge in [0, 0.05) is 18.3 Å². The molecular weight excluding hydrogens is 364 g/mol. The van der Waals surface area contributed by atoms with Crippen molar-refractivity contribution >= 4 is 21.7 Å². The number of hydrogen-bond donors (Lipinski definition) is 3. The second kappa shape index (κ2) is 8.54. The monoisotopic (exact) mass is 388 g/mol. The maximum atomic E-state index is 12.5. The van der Waals surface area contributed by atoms with Crippen LogP contribution in [0.4, 0.5) is 5.69 Å². The van der Waals surface area contributed by atoms with E-state index in [2.05, 4.69) is 10.0 Å². The Hall–Kier alpha value is -2.38. The van der Waals surface area contributed by atoms with E-state index in [1.807, 2.05) is 30.3 Å². The number of carbonyl (C=O) groups is 1. The van der Waals surface area contributed by atoms with Crippen LogP contribution in [0.3, 0.4) is 0 Å². The average Bonchev–Trinajstić information content (AvgIpc) is 3.15. The SMILES string of the molecule is O=C(O)c1cc(S(=O)(=O)NC2CCCC2)ccc1NCCc1ccccc1. The number of rotatable bonds is 8. The van der Waals surface area contributed by atoms with Crippen LogP contribution in [0.5, 0.6) is 0 Å². The molecule has 0 aliphatic heterocycles. The smallest absolute Gasteiger partial charge is 0.337 e. The molecule has 0 saturated heterocycles. The molecule has 6 nitrogen and oxygen atoms in total. The van der Waals surface area contributed by atoms with Crippen molar-refractivity contribution in [2.45, 2.75) is 43.0 Å². The Morgan fingerprint density at radius 1 is 1.07 bits per heavy atom. The van der Waals surface area contributed by atoms with Gasteiger partial charge >= 0.3 is 5.97 Å². The zero-order valence-electron chi connectivity index (χ0n) is 15.0. The summed E-state index contributed by atoms with van der Waals surface area (Å²) in [5.41, 5.74) is 1.51. The van der Waals surface area contributed by atoms with Crippen LogP contribution in [-0.4, -0.2) is 32.1 Å². The first-order valence-corrected chi connectivity index (χ1v) is 10.6. The normalized spacial score (nSPS) is 15.0. The lowest BCUT2D eigenvalue weighted by molar-refractivity contribution is 0.0697. The third kappa shape index (κ3) is 5.08. The van der Waals surface area contributed by atoms with Crippen LogP contribution < -0.4 is 10.0 Å². The van der Waals surface area contributed by atoms with Gasteiger partial charge in [0.15, 0.2) is 0 Å². The first-order chi connectivity index (χ1) is 13.0. The minimum absolute atomic E-state index is 0.0135. The number of carboxylic acids is 1. The Bertz CT molecular complexity index is 891. The van der Waals surface area contributed by atoms with E-state index >= 15 is 0 Å². The number of sulfonamides is 1. The average molecular weight is 388 g/mol. The summed E-state index contributed by atoms with van der Waals surface area (Å²) in [4.78, 5) is 11.6. The maximum absolute atomic E-state index is 12.5. The largest absolute Gasteiger partial charge is 0.478 e. The summed E-state index contributed by atoms with van der Waals surface area (Å²) in [5, 5.41) is 12.6. The summed E-state index contributed by atoms with van der Waals surface area (Å²) in [7, 11) is -3.72. The molecule has 2 aromatic carbocycles. The highest BCUT2D eigenvalue weighted by atomic mass is 32.2. The molecule has 0 unspecified atom stereocenters. The Balaban J connectivity index is 1.73.